The quantitative estimate of drug-likeness (QED) is 0.912. The van der Waals surface area contributed by atoms with Crippen molar-refractivity contribution in [1.29, 1.82) is 0 Å². The summed E-state index contributed by atoms with van der Waals surface area (Å²) >= 11 is 6.18. The fourth-order valence-corrected chi connectivity index (χ4v) is 2.79. The van der Waals surface area contributed by atoms with Crippen LogP contribution in [-0.2, 0) is 11.3 Å². The van der Waals surface area contributed by atoms with Crippen LogP contribution in [0.5, 0.6) is 0 Å². The van der Waals surface area contributed by atoms with Gasteiger partial charge in [-0.05, 0) is 25.0 Å². The number of rotatable bonds is 2. The number of imidazole rings is 1. The fraction of sp³-hybridized carbons (Fsp3) is 0.385. The van der Waals surface area contributed by atoms with Crippen molar-refractivity contribution in [1.82, 2.24) is 14.5 Å². The van der Waals surface area contributed by atoms with Gasteiger partial charge in [0.2, 0.25) is 11.9 Å². The standard InChI is InChI=1S/C13H15ClN4O/c14-9-4-3-5-10-12(9)18(13(15)16-10)8-11(19)17-6-1-2-7-17/h3-5H,1-2,6-8H2,(H2,15,16). The summed E-state index contributed by atoms with van der Waals surface area (Å²) in [6.45, 7) is 1.87. The van der Waals surface area contributed by atoms with Gasteiger partial charge in [-0.3, -0.25) is 9.36 Å². The van der Waals surface area contributed by atoms with Crippen LogP contribution in [0.15, 0.2) is 18.2 Å². The van der Waals surface area contributed by atoms with Crippen LogP contribution in [0.4, 0.5) is 5.95 Å². The monoisotopic (exact) mass is 278 g/mol. The van der Waals surface area contributed by atoms with E-state index >= 15 is 0 Å². The lowest BCUT2D eigenvalue weighted by Crippen LogP contribution is -2.31. The topological polar surface area (TPSA) is 64.1 Å². The molecule has 1 amide bonds. The molecule has 1 aromatic carbocycles. The molecule has 0 radical (unpaired) electrons. The second kappa shape index (κ2) is 4.74. The van der Waals surface area contributed by atoms with Crippen LogP contribution in [0.3, 0.4) is 0 Å². The van der Waals surface area contributed by atoms with E-state index in [1.807, 2.05) is 17.0 Å². The highest BCUT2D eigenvalue weighted by Crippen LogP contribution is 2.25. The van der Waals surface area contributed by atoms with E-state index in [4.69, 9.17) is 17.3 Å². The molecular formula is C13H15ClN4O. The number of carbonyl (C=O) groups excluding carboxylic acids is 1. The van der Waals surface area contributed by atoms with Crippen molar-refractivity contribution in [3.63, 3.8) is 0 Å². The highest BCUT2D eigenvalue weighted by Gasteiger charge is 2.20. The van der Waals surface area contributed by atoms with E-state index in [2.05, 4.69) is 4.98 Å². The molecule has 0 bridgehead atoms. The normalized spacial score (nSPS) is 15.3. The number of likely N-dealkylation sites (tertiary alicyclic amines) is 1. The average Bonchev–Trinajstić information content (AvgIpc) is 2.99. The Morgan fingerprint density at radius 3 is 2.84 bits per heavy atom. The van der Waals surface area contributed by atoms with Gasteiger partial charge in [-0.2, -0.15) is 0 Å². The smallest absolute Gasteiger partial charge is 0.242 e. The predicted octanol–water partition coefficient (Wildman–Crippen LogP) is 1.89. The molecule has 6 heteroatoms. The summed E-state index contributed by atoms with van der Waals surface area (Å²) in [5.41, 5.74) is 7.34. The number of halogens is 1. The first-order chi connectivity index (χ1) is 9.16. The Morgan fingerprint density at radius 2 is 2.11 bits per heavy atom. The third-order valence-electron chi connectivity index (χ3n) is 3.50. The van der Waals surface area contributed by atoms with E-state index < -0.39 is 0 Å². The molecule has 5 nitrogen and oxygen atoms in total. The Balaban J connectivity index is 1.96. The first-order valence-corrected chi connectivity index (χ1v) is 6.72. The number of aromatic nitrogens is 2. The van der Waals surface area contributed by atoms with E-state index in [0.29, 0.717) is 11.0 Å². The van der Waals surface area contributed by atoms with Crippen LogP contribution in [0.2, 0.25) is 5.02 Å². The van der Waals surface area contributed by atoms with E-state index in [1.165, 1.54) is 0 Å². The molecule has 2 N–H and O–H groups in total. The highest BCUT2D eigenvalue weighted by atomic mass is 35.5. The Bertz CT molecular complexity index is 631. The second-order valence-corrected chi connectivity index (χ2v) is 5.16. The molecule has 100 valence electrons. The fourth-order valence-electron chi connectivity index (χ4n) is 2.52. The molecule has 2 aromatic rings. The van der Waals surface area contributed by atoms with Crippen molar-refractivity contribution in [2.75, 3.05) is 18.8 Å². The summed E-state index contributed by atoms with van der Waals surface area (Å²) in [7, 11) is 0. The SMILES string of the molecule is Nc1nc2cccc(Cl)c2n1CC(=O)N1CCCC1. The van der Waals surface area contributed by atoms with Gasteiger partial charge in [0.15, 0.2) is 0 Å². The van der Waals surface area contributed by atoms with Gasteiger partial charge < -0.3 is 10.6 Å². The molecule has 1 fully saturated rings. The number of amides is 1. The maximum atomic E-state index is 12.2. The summed E-state index contributed by atoms with van der Waals surface area (Å²) in [6, 6.07) is 5.44. The maximum absolute atomic E-state index is 12.2. The summed E-state index contributed by atoms with van der Waals surface area (Å²) in [5, 5.41) is 0.566. The number of benzene rings is 1. The zero-order chi connectivity index (χ0) is 13.4. The number of nitrogens with two attached hydrogens (primary N) is 1. The molecular weight excluding hydrogens is 264 g/mol. The molecule has 2 heterocycles. The van der Waals surface area contributed by atoms with Crippen LogP contribution in [0.1, 0.15) is 12.8 Å². The molecule has 1 aromatic heterocycles. The van der Waals surface area contributed by atoms with Gasteiger partial charge in [0.25, 0.3) is 0 Å². The molecule has 0 unspecified atom stereocenters. The number of nitrogen functional groups attached to an aromatic ring is 1. The number of anilines is 1. The molecule has 19 heavy (non-hydrogen) atoms. The van der Waals surface area contributed by atoms with E-state index in [-0.39, 0.29) is 12.5 Å². The van der Waals surface area contributed by atoms with Gasteiger partial charge >= 0.3 is 0 Å². The first-order valence-electron chi connectivity index (χ1n) is 6.35. The number of carbonyl (C=O) groups is 1. The third kappa shape index (κ3) is 2.14. The third-order valence-corrected chi connectivity index (χ3v) is 3.80. The van der Waals surface area contributed by atoms with Gasteiger partial charge in [-0.25, -0.2) is 4.98 Å². The van der Waals surface area contributed by atoms with Crippen molar-refractivity contribution in [2.45, 2.75) is 19.4 Å². The Labute approximate surface area is 116 Å². The minimum atomic E-state index is 0.0726. The van der Waals surface area contributed by atoms with Gasteiger partial charge in [0.1, 0.15) is 6.54 Å². The van der Waals surface area contributed by atoms with Gasteiger partial charge in [-0.15, -0.1) is 0 Å². The minimum Gasteiger partial charge on any atom is -0.369 e. The average molecular weight is 279 g/mol. The van der Waals surface area contributed by atoms with E-state index in [1.54, 1.807) is 10.6 Å². The summed E-state index contributed by atoms with van der Waals surface area (Å²) < 4.78 is 1.69. The number of para-hydroxylation sites is 1. The first kappa shape index (κ1) is 12.3. The van der Waals surface area contributed by atoms with Crippen LogP contribution in [-0.4, -0.2) is 33.4 Å². The van der Waals surface area contributed by atoms with Crippen LogP contribution >= 0.6 is 11.6 Å². The molecule has 0 aliphatic carbocycles. The van der Waals surface area contributed by atoms with Gasteiger partial charge in [0, 0.05) is 13.1 Å². The molecule has 0 spiro atoms. The van der Waals surface area contributed by atoms with Crippen LogP contribution in [0, 0.1) is 0 Å². The molecule has 1 aliphatic rings. The molecule has 1 saturated heterocycles. The van der Waals surface area contributed by atoms with Crippen molar-refractivity contribution in [3.8, 4) is 0 Å². The number of hydrogen-bond donors (Lipinski definition) is 1. The molecule has 1 aliphatic heterocycles. The number of hydrogen-bond acceptors (Lipinski definition) is 3. The molecule has 0 saturated carbocycles. The molecule has 0 atom stereocenters. The minimum absolute atomic E-state index is 0.0726. The number of nitrogens with zero attached hydrogens (tertiary/aromatic N) is 3. The second-order valence-electron chi connectivity index (χ2n) is 4.75. The Hall–Kier alpha value is -1.75. The molecule has 3 rings (SSSR count). The number of fused-ring (bicyclic) bond motifs is 1. The van der Waals surface area contributed by atoms with Crippen molar-refractivity contribution < 1.29 is 4.79 Å². The van der Waals surface area contributed by atoms with E-state index in [9.17, 15) is 4.79 Å². The summed E-state index contributed by atoms with van der Waals surface area (Å²) in [4.78, 5) is 18.3. The zero-order valence-corrected chi connectivity index (χ0v) is 11.2. The largest absolute Gasteiger partial charge is 0.369 e. The van der Waals surface area contributed by atoms with Crippen LogP contribution < -0.4 is 5.73 Å². The summed E-state index contributed by atoms with van der Waals surface area (Å²) in [5.74, 6) is 0.402. The van der Waals surface area contributed by atoms with E-state index in [0.717, 1.165) is 37.0 Å². The van der Waals surface area contributed by atoms with Crippen molar-refractivity contribution in [3.05, 3.63) is 23.2 Å². The lowest BCUT2D eigenvalue weighted by Gasteiger charge is -2.16. The van der Waals surface area contributed by atoms with Gasteiger partial charge in [0.05, 0.1) is 16.1 Å². The Kier molecular flexibility index (Phi) is 3.06. The lowest BCUT2D eigenvalue weighted by atomic mass is 10.3. The zero-order valence-electron chi connectivity index (χ0n) is 10.5. The summed E-state index contributed by atoms with van der Waals surface area (Å²) in [6.07, 6.45) is 2.15. The van der Waals surface area contributed by atoms with Crippen molar-refractivity contribution >= 4 is 34.5 Å². The predicted molar refractivity (Wildman–Crippen MR) is 75.0 cm³/mol. The maximum Gasteiger partial charge on any atom is 0.242 e. The van der Waals surface area contributed by atoms with Crippen molar-refractivity contribution in [2.24, 2.45) is 0 Å². The van der Waals surface area contributed by atoms with Crippen LogP contribution in [0.25, 0.3) is 11.0 Å². The highest BCUT2D eigenvalue weighted by molar-refractivity contribution is 6.35. The van der Waals surface area contributed by atoms with Gasteiger partial charge in [-0.1, -0.05) is 17.7 Å². The Morgan fingerprint density at radius 1 is 1.37 bits per heavy atom. The lowest BCUT2D eigenvalue weighted by molar-refractivity contribution is -0.130.